The van der Waals surface area contributed by atoms with Gasteiger partial charge in [0.25, 0.3) is 0 Å². The largest absolute Gasteiger partial charge is 0.453 e. The van der Waals surface area contributed by atoms with Crippen LogP contribution < -0.4 is 0 Å². The summed E-state index contributed by atoms with van der Waals surface area (Å²) in [7, 11) is 0. The SMILES string of the molecule is CCC(=O)c1cc2ccc(C)c(C)c2o1. The van der Waals surface area contributed by atoms with Crippen LogP contribution in [0, 0.1) is 13.8 Å². The first-order valence-electron chi connectivity index (χ1n) is 5.16. The van der Waals surface area contributed by atoms with E-state index in [1.807, 2.05) is 39.0 Å². The summed E-state index contributed by atoms with van der Waals surface area (Å²) in [4.78, 5) is 11.5. The summed E-state index contributed by atoms with van der Waals surface area (Å²) < 4.78 is 5.58. The number of furan rings is 1. The second kappa shape index (κ2) is 3.54. The van der Waals surface area contributed by atoms with Crippen molar-refractivity contribution in [1.29, 1.82) is 0 Å². The van der Waals surface area contributed by atoms with E-state index in [0.29, 0.717) is 12.2 Å². The van der Waals surface area contributed by atoms with Crippen molar-refractivity contribution in [2.45, 2.75) is 27.2 Å². The van der Waals surface area contributed by atoms with E-state index in [4.69, 9.17) is 4.42 Å². The number of Topliss-reactive ketones (excluding diaryl/α,β-unsaturated/α-hetero) is 1. The van der Waals surface area contributed by atoms with Gasteiger partial charge in [-0.15, -0.1) is 0 Å². The van der Waals surface area contributed by atoms with Crippen LogP contribution in [0.3, 0.4) is 0 Å². The predicted octanol–water partition coefficient (Wildman–Crippen LogP) is 3.64. The van der Waals surface area contributed by atoms with Gasteiger partial charge in [0, 0.05) is 11.8 Å². The smallest absolute Gasteiger partial charge is 0.197 e. The molecule has 0 unspecified atom stereocenters. The van der Waals surface area contributed by atoms with Crippen molar-refractivity contribution >= 4 is 16.8 Å². The second-order valence-electron chi connectivity index (χ2n) is 3.81. The molecule has 0 spiro atoms. The lowest BCUT2D eigenvalue weighted by Gasteiger charge is -1.98. The highest BCUT2D eigenvalue weighted by atomic mass is 16.3. The fraction of sp³-hybridized carbons (Fsp3) is 0.308. The number of benzene rings is 1. The van der Waals surface area contributed by atoms with Crippen molar-refractivity contribution in [1.82, 2.24) is 0 Å². The fourth-order valence-electron chi connectivity index (χ4n) is 1.65. The zero-order valence-electron chi connectivity index (χ0n) is 9.26. The first kappa shape index (κ1) is 9.97. The van der Waals surface area contributed by atoms with Crippen LogP contribution in [0.2, 0.25) is 0 Å². The van der Waals surface area contributed by atoms with Crippen molar-refractivity contribution in [3.63, 3.8) is 0 Å². The van der Waals surface area contributed by atoms with Gasteiger partial charge in [0.05, 0.1) is 0 Å². The average molecular weight is 202 g/mol. The summed E-state index contributed by atoms with van der Waals surface area (Å²) in [5.41, 5.74) is 3.14. The number of rotatable bonds is 2. The van der Waals surface area contributed by atoms with E-state index in [2.05, 4.69) is 0 Å². The third-order valence-corrected chi connectivity index (χ3v) is 2.80. The molecule has 0 aliphatic carbocycles. The van der Waals surface area contributed by atoms with Crippen LogP contribution in [-0.2, 0) is 0 Å². The van der Waals surface area contributed by atoms with Crippen molar-refractivity contribution in [2.24, 2.45) is 0 Å². The van der Waals surface area contributed by atoms with Crippen LogP contribution in [0.25, 0.3) is 11.0 Å². The van der Waals surface area contributed by atoms with Crippen molar-refractivity contribution in [3.05, 3.63) is 35.1 Å². The lowest BCUT2D eigenvalue weighted by molar-refractivity contribution is 0.0963. The molecule has 1 aromatic heterocycles. The zero-order valence-corrected chi connectivity index (χ0v) is 9.26. The van der Waals surface area contributed by atoms with E-state index in [-0.39, 0.29) is 5.78 Å². The van der Waals surface area contributed by atoms with Gasteiger partial charge in [0.15, 0.2) is 11.5 Å². The predicted molar refractivity (Wildman–Crippen MR) is 60.3 cm³/mol. The minimum absolute atomic E-state index is 0.0586. The number of carbonyl (C=O) groups is 1. The number of hydrogen-bond donors (Lipinski definition) is 0. The molecule has 78 valence electrons. The van der Waals surface area contributed by atoms with E-state index in [1.165, 1.54) is 5.56 Å². The molecule has 1 aromatic carbocycles. The molecule has 0 atom stereocenters. The summed E-state index contributed by atoms with van der Waals surface area (Å²) >= 11 is 0. The first-order chi connectivity index (χ1) is 7.13. The van der Waals surface area contributed by atoms with Gasteiger partial charge in [-0.2, -0.15) is 0 Å². The van der Waals surface area contributed by atoms with Gasteiger partial charge in [-0.05, 0) is 31.0 Å². The molecule has 0 radical (unpaired) electrons. The lowest BCUT2D eigenvalue weighted by Crippen LogP contribution is -1.92. The van der Waals surface area contributed by atoms with Crippen molar-refractivity contribution in [2.75, 3.05) is 0 Å². The fourth-order valence-corrected chi connectivity index (χ4v) is 1.65. The number of aryl methyl sites for hydroxylation is 2. The Hall–Kier alpha value is -1.57. The Morgan fingerprint density at radius 2 is 2.07 bits per heavy atom. The van der Waals surface area contributed by atoms with Crippen LogP contribution >= 0.6 is 0 Å². The van der Waals surface area contributed by atoms with E-state index < -0.39 is 0 Å². The average Bonchev–Trinajstić information content (AvgIpc) is 2.67. The molecule has 1 heterocycles. The summed E-state index contributed by atoms with van der Waals surface area (Å²) in [6.07, 6.45) is 0.484. The molecule has 0 N–H and O–H groups in total. The Bertz CT molecular complexity index is 521. The molecular formula is C13H14O2. The molecule has 2 rings (SSSR count). The minimum Gasteiger partial charge on any atom is -0.453 e. The maximum atomic E-state index is 11.5. The summed E-state index contributed by atoms with van der Waals surface area (Å²) in [6, 6.07) is 5.87. The molecule has 0 aliphatic rings. The Morgan fingerprint density at radius 3 is 2.73 bits per heavy atom. The molecule has 0 saturated carbocycles. The van der Waals surface area contributed by atoms with Crippen LogP contribution in [0.1, 0.15) is 35.0 Å². The normalized spacial score (nSPS) is 10.9. The molecule has 15 heavy (non-hydrogen) atoms. The summed E-state index contributed by atoms with van der Waals surface area (Å²) in [5.74, 6) is 0.532. The van der Waals surface area contributed by atoms with Crippen LogP contribution in [0.5, 0.6) is 0 Å². The van der Waals surface area contributed by atoms with Gasteiger partial charge in [-0.25, -0.2) is 0 Å². The minimum atomic E-state index is 0.0586. The zero-order chi connectivity index (χ0) is 11.0. The summed E-state index contributed by atoms with van der Waals surface area (Å²) in [5, 5.41) is 1.01. The molecule has 0 saturated heterocycles. The first-order valence-corrected chi connectivity index (χ1v) is 5.16. The Labute approximate surface area is 88.9 Å². The van der Waals surface area contributed by atoms with Gasteiger partial charge < -0.3 is 4.42 Å². The van der Waals surface area contributed by atoms with E-state index in [0.717, 1.165) is 16.5 Å². The van der Waals surface area contributed by atoms with Crippen LogP contribution in [-0.4, -0.2) is 5.78 Å². The van der Waals surface area contributed by atoms with Gasteiger partial charge in [0.2, 0.25) is 0 Å². The van der Waals surface area contributed by atoms with Gasteiger partial charge in [0.1, 0.15) is 5.58 Å². The number of fused-ring (bicyclic) bond motifs is 1. The second-order valence-corrected chi connectivity index (χ2v) is 3.81. The molecule has 0 amide bonds. The maximum Gasteiger partial charge on any atom is 0.197 e. The highest BCUT2D eigenvalue weighted by molar-refractivity contribution is 5.98. The van der Waals surface area contributed by atoms with Gasteiger partial charge in [-0.1, -0.05) is 19.1 Å². The molecular weight excluding hydrogens is 188 g/mol. The topological polar surface area (TPSA) is 30.2 Å². The molecule has 2 heteroatoms. The van der Waals surface area contributed by atoms with Crippen molar-refractivity contribution < 1.29 is 9.21 Å². The Balaban J connectivity index is 2.66. The lowest BCUT2D eigenvalue weighted by atomic mass is 10.1. The van der Waals surface area contributed by atoms with E-state index in [1.54, 1.807) is 0 Å². The molecule has 0 bridgehead atoms. The Morgan fingerprint density at radius 1 is 1.33 bits per heavy atom. The Kier molecular flexibility index (Phi) is 2.35. The summed E-state index contributed by atoms with van der Waals surface area (Å²) in [6.45, 7) is 5.90. The molecule has 0 fully saturated rings. The molecule has 0 aliphatic heterocycles. The number of ketones is 1. The standard InChI is InChI=1S/C13H14O2/c1-4-11(14)12-7-10-6-5-8(2)9(3)13(10)15-12/h5-7H,4H2,1-3H3. The molecule has 2 nitrogen and oxygen atoms in total. The molecule has 2 aromatic rings. The van der Waals surface area contributed by atoms with Crippen LogP contribution in [0.4, 0.5) is 0 Å². The van der Waals surface area contributed by atoms with E-state index >= 15 is 0 Å². The third-order valence-electron chi connectivity index (χ3n) is 2.80. The van der Waals surface area contributed by atoms with Gasteiger partial charge in [-0.3, -0.25) is 4.79 Å². The van der Waals surface area contributed by atoms with Crippen molar-refractivity contribution in [3.8, 4) is 0 Å². The maximum absolute atomic E-state index is 11.5. The van der Waals surface area contributed by atoms with E-state index in [9.17, 15) is 4.79 Å². The van der Waals surface area contributed by atoms with Gasteiger partial charge >= 0.3 is 0 Å². The third kappa shape index (κ3) is 1.56. The van der Waals surface area contributed by atoms with Crippen LogP contribution in [0.15, 0.2) is 22.6 Å². The quantitative estimate of drug-likeness (QED) is 0.696. The monoisotopic (exact) mass is 202 g/mol. The number of hydrogen-bond acceptors (Lipinski definition) is 2. The highest BCUT2D eigenvalue weighted by Crippen LogP contribution is 2.25. The highest BCUT2D eigenvalue weighted by Gasteiger charge is 2.12. The number of carbonyl (C=O) groups excluding carboxylic acids is 1.